The minimum atomic E-state index is -0.613. The van der Waals surface area contributed by atoms with Crippen LogP contribution in [-0.2, 0) is 23.8 Å². The van der Waals surface area contributed by atoms with Gasteiger partial charge < -0.3 is 24.8 Å². The highest BCUT2D eigenvalue weighted by molar-refractivity contribution is 5.82. The fraction of sp³-hybridized carbons (Fsp3) is 0.895. The van der Waals surface area contributed by atoms with Gasteiger partial charge in [-0.3, -0.25) is 9.59 Å². The molecular weight excluding hydrogens is 336 g/mol. The first kappa shape index (κ1) is 24.8. The SMILES string of the molecule is CCOC(CN(CCC(=O)OC(C)(C)C)C(=O)[C@@H](N)CC(C)C)OCC. The van der Waals surface area contributed by atoms with Crippen molar-refractivity contribution in [3.63, 3.8) is 0 Å². The van der Waals surface area contributed by atoms with Gasteiger partial charge in [-0.25, -0.2) is 0 Å². The molecule has 7 heteroatoms. The molecule has 0 bridgehead atoms. The molecular formula is C19H38N2O5. The van der Waals surface area contributed by atoms with E-state index in [4.69, 9.17) is 19.9 Å². The van der Waals surface area contributed by atoms with E-state index >= 15 is 0 Å². The summed E-state index contributed by atoms with van der Waals surface area (Å²) in [6, 6.07) is -0.613. The fourth-order valence-corrected chi connectivity index (χ4v) is 2.46. The lowest BCUT2D eigenvalue weighted by atomic mass is 10.0. The lowest BCUT2D eigenvalue weighted by Gasteiger charge is -2.30. The highest BCUT2D eigenvalue weighted by Crippen LogP contribution is 2.11. The summed E-state index contributed by atoms with van der Waals surface area (Å²) in [4.78, 5) is 26.3. The number of nitrogens with zero attached hydrogens (tertiary/aromatic N) is 1. The number of carbonyl (C=O) groups excluding carboxylic acids is 2. The minimum absolute atomic E-state index is 0.0996. The third-order valence-corrected chi connectivity index (χ3v) is 3.43. The molecule has 0 aromatic rings. The van der Waals surface area contributed by atoms with Crippen LogP contribution in [0.4, 0.5) is 0 Å². The number of carbonyl (C=O) groups is 2. The molecule has 1 amide bonds. The van der Waals surface area contributed by atoms with Gasteiger partial charge in [-0.05, 0) is 47.0 Å². The Bertz CT molecular complexity index is 415. The molecule has 0 radical (unpaired) electrons. The van der Waals surface area contributed by atoms with Crippen LogP contribution in [0.15, 0.2) is 0 Å². The van der Waals surface area contributed by atoms with Crippen molar-refractivity contribution in [2.75, 3.05) is 26.3 Å². The topological polar surface area (TPSA) is 91.1 Å². The zero-order valence-electron chi connectivity index (χ0n) is 17.5. The van der Waals surface area contributed by atoms with Crippen molar-refractivity contribution in [3.05, 3.63) is 0 Å². The molecule has 0 aliphatic carbocycles. The monoisotopic (exact) mass is 374 g/mol. The van der Waals surface area contributed by atoms with Crippen molar-refractivity contribution >= 4 is 11.9 Å². The van der Waals surface area contributed by atoms with Crippen LogP contribution in [0.1, 0.15) is 61.3 Å². The molecule has 0 saturated carbocycles. The molecule has 0 fully saturated rings. The van der Waals surface area contributed by atoms with Crippen LogP contribution in [0.3, 0.4) is 0 Å². The van der Waals surface area contributed by atoms with E-state index in [2.05, 4.69) is 0 Å². The summed E-state index contributed by atoms with van der Waals surface area (Å²) >= 11 is 0. The van der Waals surface area contributed by atoms with Crippen molar-refractivity contribution in [1.82, 2.24) is 4.90 Å². The van der Waals surface area contributed by atoms with Crippen molar-refractivity contribution in [2.45, 2.75) is 79.2 Å². The summed E-state index contributed by atoms with van der Waals surface area (Å²) in [5.74, 6) is -0.250. The van der Waals surface area contributed by atoms with Gasteiger partial charge in [0.1, 0.15) is 5.60 Å². The highest BCUT2D eigenvalue weighted by atomic mass is 16.7. The zero-order chi connectivity index (χ0) is 20.3. The van der Waals surface area contributed by atoms with Crippen LogP contribution < -0.4 is 5.73 Å². The maximum atomic E-state index is 12.8. The minimum Gasteiger partial charge on any atom is -0.460 e. The van der Waals surface area contributed by atoms with Crippen molar-refractivity contribution in [2.24, 2.45) is 11.7 Å². The van der Waals surface area contributed by atoms with E-state index < -0.39 is 17.9 Å². The van der Waals surface area contributed by atoms with Crippen LogP contribution in [0.2, 0.25) is 0 Å². The van der Waals surface area contributed by atoms with E-state index in [-0.39, 0.29) is 31.4 Å². The summed E-state index contributed by atoms with van der Waals surface area (Å²) in [6.45, 7) is 14.6. The van der Waals surface area contributed by atoms with Crippen LogP contribution in [0, 0.1) is 5.92 Å². The lowest BCUT2D eigenvalue weighted by Crippen LogP contribution is -2.48. The summed E-state index contributed by atoms with van der Waals surface area (Å²) in [7, 11) is 0. The number of rotatable bonds is 12. The first-order chi connectivity index (χ1) is 12.0. The van der Waals surface area contributed by atoms with E-state index in [0.29, 0.717) is 25.6 Å². The lowest BCUT2D eigenvalue weighted by molar-refractivity contribution is -0.163. The predicted molar refractivity (Wildman–Crippen MR) is 102 cm³/mol. The molecule has 0 rings (SSSR count). The largest absolute Gasteiger partial charge is 0.460 e. The number of amides is 1. The fourth-order valence-electron chi connectivity index (χ4n) is 2.46. The Morgan fingerprint density at radius 3 is 2.04 bits per heavy atom. The first-order valence-electron chi connectivity index (χ1n) is 9.49. The standard InChI is InChI=1S/C19H38N2O5/c1-8-24-17(25-9-2)13-21(18(23)15(20)12-14(3)4)11-10-16(22)26-19(5,6)7/h14-15,17H,8-13,20H2,1-7H3/t15-/m0/s1. The second-order valence-corrected chi connectivity index (χ2v) is 7.70. The average Bonchev–Trinajstić information content (AvgIpc) is 2.48. The van der Waals surface area contributed by atoms with Crippen LogP contribution in [0.25, 0.3) is 0 Å². The Morgan fingerprint density at radius 1 is 1.08 bits per heavy atom. The summed E-state index contributed by atoms with van der Waals surface area (Å²) in [5, 5.41) is 0. The van der Waals surface area contributed by atoms with Gasteiger partial charge in [0.15, 0.2) is 6.29 Å². The number of hydrogen-bond acceptors (Lipinski definition) is 6. The Labute approximate surface area is 158 Å². The van der Waals surface area contributed by atoms with Gasteiger partial charge in [-0.1, -0.05) is 13.8 Å². The third-order valence-electron chi connectivity index (χ3n) is 3.43. The quantitative estimate of drug-likeness (QED) is 0.416. The highest BCUT2D eigenvalue weighted by Gasteiger charge is 2.26. The van der Waals surface area contributed by atoms with Gasteiger partial charge in [0.05, 0.1) is 19.0 Å². The smallest absolute Gasteiger partial charge is 0.308 e. The maximum absolute atomic E-state index is 12.8. The average molecular weight is 375 g/mol. The van der Waals surface area contributed by atoms with Crippen LogP contribution in [0.5, 0.6) is 0 Å². The van der Waals surface area contributed by atoms with Gasteiger partial charge in [-0.15, -0.1) is 0 Å². The molecule has 0 spiro atoms. The molecule has 0 aromatic heterocycles. The molecule has 26 heavy (non-hydrogen) atoms. The van der Waals surface area contributed by atoms with Crippen LogP contribution in [-0.4, -0.2) is 61.0 Å². The molecule has 0 unspecified atom stereocenters. The van der Waals surface area contributed by atoms with Gasteiger partial charge in [0.2, 0.25) is 5.91 Å². The first-order valence-corrected chi connectivity index (χ1v) is 9.49. The van der Waals surface area contributed by atoms with Crippen LogP contribution >= 0.6 is 0 Å². The number of hydrogen-bond donors (Lipinski definition) is 1. The summed E-state index contributed by atoms with van der Waals surface area (Å²) < 4.78 is 16.4. The number of nitrogens with two attached hydrogens (primary N) is 1. The molecule has 0 heterocycles. The molecule has 1 atom stereocenters. The molecule has 0 aromatic carbocycles. The normalized spacial score (nSPS) is 13.2. The van der Waals surface area contributed by atoms with Crippen molar-refractivity contribution in [3.8, 4) is 0 Å². The number of ether oxygens (including phenoxy) is 3. The van der Waals surface area contributed by atoms with E-state index in [1.54, 1.807) is 4.90 Å². The van der Waals surface area contributed by atoms with Gasteiger partial charge in [0, 0.05) is 19.8 Å². The second kappa shape index (κ2) is 12.3. The summed E-state index contributed by atoms with van der Waals surface area (Å²) in [5.41, 5.74) is 5.51. The van der Waals surface area contributed by atoms with Gasteiger partial charge >= 0.3 is 5.97 Å². The van der Waals surface area contributed by atoms with E-state index in [0.717, 1.165) is 0 Å². The Kier molecular flexibility index (Phi) is 11.7. The Hall–Kier alpha value is -1.18. The Balaban J connectivity index is 5.01. The van der Waals surface area contributed by atoms with E-state index in [1.807, 2.05) is 48.5 Å². The van der Waals surface area contributed by atoms with Crippen molar-refractivity contribution < 1.29 is 23.8 Å². The van der Waals surface area contributed by atoms with Gasteiger partial charge in [0.25, 0.3) is 0 Å². The Morgan fingerprint density at radius 2 is 1.62 bits per heavy atom. The van der Waals surface area contributed by atoms with Gasteiger partial charge in [-0.2, -0.15) is 0 Å². The molecule has 2 N–H and O–H groups in total. The predicted octanol–water partition coefficient (Wildman–Crippen LogP) is 2.32. The van der Waals surface area contributed by atoms with E-state index in [1.165, 1.54) is 0 Å². The molecule has 0 saturated heterocycles. The van der Waals surface area contributed by atoms with Crippen molar-refractivity contribution in [1.29, 1.82) is 0 Å². The molecule has 0 aliphatic heterocycles. The second-order valence-electron chi connectivity index (χ2n) is 7.70. The molecule has 154 valence electrons. The maximum Gasteiger partial charge on any atom is 0.308 e. The number of esters is 1. The molecule has 7 nitrogen and oxygen atoms in total. The molecule has 0 aliphatic rings. The van der Waals surface area contributed by atoms with E-state index in [9.17, 15) is 9.59 Å². The summed E-state index contributed by atoms with van der Waals surface area (Å²) in [6.07, 6.45) is 0.136. The zero-order valence-corrected chi connectivity index (χ0v) is 17.5. The third kappa shape index (κ3) is 11.4.